The first-order valence-corrected chi connectivity index (χ1v) is 6.90. The highest BCUT2D eigenvalue weighted by Crippen LogP contribution is 2.33. The Balaban J connectivity index is 1.96. The van der Waals surface area contributed by atoms with Crippen LogP contribution in [0.1, 0.15) is 22.0 Å². The van der Waals surface area contributed by atoms with Gasteiger partial charge < -0.3 is 14.8 Å². The van der Waals surface area contributed by atoms with Crippen molar-refractivity contribution in [1.82, 2.24) is 5.32 Å². The number of alkyl carbamates (subject to hydrolysis) is 1. The van der Waals surface area contributed by atoms with Crippen molar-refractivity contribution in [2.45, 2.75) is 12.1 Å². The van der Waals surface area contributed by atoms with E-state index in [2.05, 4.69) is 5.32 Å². The fourth-order valence-corrected chi connectivity index (χ4v) is 2.56. The minimum atomic E-state index is -0.911. The first kappa shape index (κ1) is 14.1. The SMILES string of the molecule is COc1ccccc1[C@@H]1NC(=O)O[C@H]1C(=O)c1ccccc1. The third-order valence-electron chi connectivity index (χ3n) is 3.60. The Labute approximate surface area is 127 Å². The van der Waals surface area contributed by atoms with Crippen LogP contribution in [0.4, 0.5) is 4.79 Å². The number of Topliss-reactive ketones (excluding diaryl/α,β-unsaturated/α-hetero) is 1. The molecule has 2 aromatic carbocycles. The first-order chi connectivity index (χ1) is 10.7. The minimum absolute atomic E-state index is 0.241. The van der Waals surface area contributed by atoms with Gasteiger partial charge in [0.25, 0.3) is 0 Å². The van der Waals surface area contributed by atoms with Gasteiger partial charge in [-0.3, -0.25) is 4.79 Å². The molecule has 0 bridgehead atoms. The molecule has 1 fully saturated rings. The maximum Gasteiger partial charge on any atom is 0.408 e. The summed E-state index contributed by atoms with van der Waals surface area (Å²) in [4.78, 5) is 24.3. The third-order valence-corrected chi connectivity index (χ3v) is 3.60. The van der Waals surface area contributed by atoms with E-state index in [1.807, 2.05) is 24.3 Å². The zero-order valence-corrected chi connectivity index (χ0v) is 12.0. The molecule has 5 nitrogen and oxygen atoms in total. The van der Waals surface area contributed by atoms with Gasteiger partial charge in [-0.15, -0.1) is 0 Å². The zero-order valence-electron chi connectivity index (χ0n) is 12.0. The van der Waals surface area contributed by atoms with Crippen LogP contribution in [0.2, 0.25) is 0 Å². The molecule has 0 saturated carbocycles. The van der Waals surface area contributed by atoms with E-state index in [1.54, 1.807) is 37.4 Å². The van der Waals surface area contributed by atoms with Crippen molar-refractivity contribution in [3.05, 3.63) is 65.7 Å². The predicted octanol–water partition coefficient (Wildman–Crippen LogP) is 2.73. The number of carbonyl (C=O) groups is 2. The van der Waals surface area contributed by atoms with Crippen LogP contribution in [0, 0.1) is 0 Å². The number of cyclic esters (lactones) is 1. The summed E-state index contributed by atoms with van der Waals surface area (Å²) in [5, 5.41) is 2.68. The van der Waals surface area contributed by atoms with E-state index >= 15 is 0 Å². The van der Waals surface area contributed by atoms with Gasteiger partial charge in [0.15, 0.2) is 6.10 Å². The molecule has 3 rings (SSSR count). The summed E-state index contributed by atoms with van der Waals surface area (Å²) in [6.45, 7) is 0. The zero-order chi connectivity index (χ0) is 15.5. The summed E-state index contributed by atoms with van der Waals surface area (Å²) in [5.41, 5.74) is 1.22. The number of hydrogen-bond donors (Lipinski definition) is 1. The highest BCUT2D eigenvalue weighted by molar-refractivity contribution is 6.02. The standard InChI is InChI=1S/C17H15NO4/c1-21-13-10-6-5-9-12(13)14-16(22-17(20)18-14)15(19)11-7-3-2-4-8-11/h2-10,14,16H,1H3,(H,18,20)/t14-,16+/m0/s1. The van der Waals surface area contributed by atoms with Crippen molar-refractivity contribution in [2.24, 2.45) is 0 Å². The normalized spacial score (nSPS) is 20.1. The van der Waals surface area contributed by atoms with Crippen LogP contribution in [-0.4, -0.2) is 25.1 Å². The van der Waals surface area contributed by atoms with E-state index in [0.717, 1.165) is 0 Å². The van der Waals surface area contributed by atoms with Gasteiger partial charge in [-0.1, -0.05) is 48.5 Å². The Morgan fingerprint density at radius 2 is 1.77 bits per heavy atom. The number of amides is 1. The van der Waals surface area contributed by atoms with Crippen molar-refractivity contribution < 1.29 is 19.1 Å². The molecule has 0 radical (unpaired) electrons. The van der Waals surface area contributed by atoms with Crippen LogP contribution >= 0.6 is 0 Å². The molecule has 1 N–H and O–H groups in total. The van der Waals surface area contributed by atoms with Gasteiger partial charge in [-0.05, 0) is 6.07 Å². The lowest BCUT2D eigenvalue weighted by molar-refractivity contribution is 0.0720. The Morgan fingerprint density at radius 3 is 2.50 bits per heavy atom. The average Bonchev–Trinajstić information content (AvgIpc) is 2.96. The maximum absolute atomic E-state index is 12.6. The monoisotopic (exact) mass is 297 g/mol. The molecular formula is C17H15NO4. The van der Waals surface area contributed by atoms with Gasteiger partial charge in [0.1, 0.15) is 11.8 Å². The van der Waals surface area contributed by atoms with E-state index < -0.39 is 18.2 Å². The Hall–Kier alpha value is -2.82. The summed E-state index contributed by atoms with van der Waals surface area (Å²) in [6, 6.07) is 15.4. The van der Waals surface area contributed by atoms with Crippen LogP contribution in [0.3, 0.4) is 0 Å². The number of benzene rings is 2. The van der Waals surface area contributed by atoms with Gasteiger partial charge in [-0.25, -0.2) is 4.79 Å². The second-order valence-electron chi connectivity index (χ2n) is 4.92. The number of para-hydroxylation sites is 1. The molecule has 1 aliphatic rings. The number of methoxy groups -OCH3 is 1. The quantitative estimate of drug-likeness (QED) is 0.881. The van der Waals surface area contributed by atoms with E-state index in [1.165, 1.54) is 0 Å². The van der Waals surface area contributed by atoms with Crippen molar-refractivity contribution in [3.63, 3.8) is 0 Å². The molecule has 2 atom stereocenters. The fraction of sp³-hybridized carbons (Fsp3) is 0.176. The first-order valence-electron chi connectivity index (χ1n) is 6.90. The van der Waals surface area contributed by atoms with Gasteiger partial charge in [0.05, 0.1) is 7.11 Å². The summed E-state index contributed by atoms with van der Waals surface area (Å²) in [6.07, 6.45) is -1.52. The number of nitrogens with one attached hydrogen (secondary N) is 1. The summed E-state index contributed by atoms with van der Waals surface area (Å²) in [5.74, 6) is 0.360. The number of rotatable bonds is 4. The number of carbonyl (C=O) groups excluding carboxylic acids is 2. The van der Waals surface area contributed by atoms with Crippen LogP contribution in [0.5, 0.6) is 5.75 Å². The average molecular weight is 297 g/mol. The van der Waals surface area contributed by atoms with Crippen LogP contribution in [0.25, 0.3) is 0 Å². The summed E-state index contributed by atoms with van der Waals surface area (Å²) >= 11 is 0. The smallest absolute Gasteiger partial charge is 0.408 e. The van der Waals surface area contributed by atoms with Crippen molar-refractivity contribution in [1.29, 1.82) is 0 Å². The Morgan fingerprint density at radius 1 is 1.09 bits per heavy atom. The molecular weight excluding hydrogens is 282 g/mol. The Kier molecular flexibility index (Phi) is 3.78. The summed E-state index contributed by atoms with van der Waals surface area (Å²) < 4.78 is 10.5. The topological polar surface area (TPSA) is 64.6 Å². The van der Waals surface area contributed by atoms with E-state index in [9.17, 15) is 9.59 Å². The number of hydrogen-bond acceptors (Lipinski definition) is 4. The molecule has 2 aromatic rings. The lowest BCUT2D eigenvalue weighted by Gasteiger charge is -2.18. The second-order valence-corrected chi connectivity index (χ2v) is 4.92. The number of ether oxygens (including phenoxy) is 2. The third kappa shape index (κ3) is 2.53. The van der Waals surface area contributed by atoms with Crippen LogP contribution in [0.15, 0.2) is 54.6 Å². The minimum Gasteiger partial charge on any atom is -0.496 e. The number of ketones is 1. The fourth-order valence-electron chi connectivity index (χ4n) is 2.56. The molecule has 1 saturated heterocycles. The van der Waals surface area contributed by atoms with Crippen molar-refractivity contribution in [2.75, 3.05) is 7.11 Å². The van der Waals surface area contributed by atoms with Crippen LogP contribution in [-0.2, 0) is 4.74 Å². The molecule has 1 heterocycles. The molecule has 1 aliphatic heterocycles. The largest absolute Gasteiger partial charge is 0.496 e. The highest BCUT2D eigenvalue weighted by atomic mass is 16.6. The highest BCUT2D eigenvalue weighted by Gasteiger charge is 2.41. The lowest BCUT2D eigenvalue weighted by Crippen LogP contribution is -2.29. The molecule has 0 aromatic heterocycles. The second kappa shape index (κ2) is 5.89. The molecule has 22 heavy (non-hydrogen) atoms. The van der Waals surface area contributed by atoms with Crippen LogP contribution < -0.4 is 10.1 Å². The molecule has 0 aliphatic carbocycles. The van der Waals surface area contributed by atoms with Gasteiger partial charge in [0, 0.05) is 11.1 Å². The molecule has 0 unspecified atom stereocenters. The molecule has 0 spiro atoms. The molecule has 112 valence electrons. The van der Waals surface area contributed by atoms with E-state index in [0.29, 0.717) is 16.9 Å². The van der Waals surface area contributed by atoms with Gasteiger partial charge in [-0.2, -0.15) is 0 Å². The maximum atomic E-state index is 12.6. The van der Waals surface area contributed by atoms with E-state index in [-0.39, 0.29) is 5.78 Å². The molecule has 1 amide bonds. The van der Waals surface area contributed by atoms with Gasteiger partial charge in [0.2, 0.25) is 5.78 Å². The lowest BCUT2D eigenvalue weighted by atomic mass is 9.95. The summed E-state index contributed by atoms with van der Waals surface area (Å²) in [7, 11) is 1.55. The van der Waals surface area contributed by atoms with E-state index in [4.69, 9.17) is 9.47 Å². The van der Waals surface area contributed by atoms with Crippen molar-refractivity contribution in [3.8, 4) is 5.75 Å². The predicted molar refractivity (Wildman–Crippen MR) is 79.9 cm³/mol. The van der Waals surface area contributed by atoms with Gasteiger partial charge >= 0.3 is 6.09 Å². The van der Waals surface area contributed by atoms with Crippen molar-refractivity contribution >= 4 is 11.9 Å². The Bertz CT molecular complexity index is 699. The molecule has 5 heteroatoms.